The monoisotopic (exact) mass is 248 g/mol. The normalized spacial score (nSPS) is 31.4. The Bertz CT molecular complexity index is 219. The Hall–Kier alpha value is -0.230. The van der Waals surface area contributed by atoms with Crippen molar-refractivity contribution in [1.82, 2.24) is 0 Å². The van der Waals surface area contributed by atoms with Gasteiger partial charge in [0, 0.05) is 6.92 Å². The zero-order valence-corrected chi connectivity index (χ0v) is 9.13. The highest BCUT2D eigenvalue weighted by Crippen LogP contribution is 2.46. The molecule has 14 heavy (non-hydrogen) atoms. The first kappa shape index (κ1) is 13.8. The van der Waals surface area contributed by atoms with Crippen molar-refractivity contribution in [2.75, 3.05) is 6.61 Å². The fraction of sp³-hybridized carbons (Fsp3) is 0.750. The van der Waals surface area contributed by atoms with Crippen LogP contribution in [0.5, 0.6) is 0 Å². The fourth-order valence-corrected chi connectivity index (χ4v) is 2.13. The molecule has 0 spiro atoms. The molecule has 0 amide bonds. The Morgan fingerprint density at radius 3 is 2.00 bits per heavy atom. The minimum atomic E-state index is -2.70. The predicted octanol–water partition coefficient (Wildman–Crippen LogP) is 0.238. The van der Waals surface area contributed by atoms with Crippen LogP contribution in [-0.2, 0) is 27.3 Å². The van der Waals surface area contributed by atoms with Crippen molar-refractivity contribution in [1.29, 1.82) is 0 Å². The second-order valence-electron chi connectivity index (χ2n) is 1.97. The van der Waals surface area contributed by atoms with Crippen molar-refractivity contribution < 1.29 is 37.5 Å². The SMILES string of the molecule is CC(=O)O.O=[PH]1OC(CO)O[PH](=O)O1. The maximum atomic E-state index is 10.4. The van der Waals surface area contributed by atoms with E-state index in [0.717, 1.165) is 6.92 Å². The molecule has 2 unspecified atom stereocenters. The van der Waals surface area contributed by atoms with E-state index in [1.807, 2.05) is 0 Å². The van der Waals surface area contributed by atoms with E-state index in [1.165, 1.54) is 0 Å². The quantitative estimate of drug-likeness (QED) is 0.633. The van der Waals surface area contributed by atoms with Crippen molar-refractivity contribution in [2.45, 2.75) is 13.2 Å². The van der Waals surface area contributed by atoms with E-state index >= 15 is 0 Å². The van der Waals surface area contributed by atoms with Gasteiger partial charge < -0.3 is 10.2 Å². The van der Waals surface area contributed by atoms with Crippen molar-refractivity contribution in [3.8, 4) is 0 Å². The highest BCUT2D eigenvalue weighted by molar-refractivity contribution is 7.48. The number of carboxylic acids is 1. The Balaban J connectivity index is 0.000000364. The number of hydrogen-bond acceptors (Lipinski definition) is 7. The molecular weight excluding hydrogens is 238 g/mol. The zero-order valence-electron chi connectivity index (χ0n) is 7.13. The molecule has 0 aromatic carbocycles. The molecule has 2 atom stereocenters. The maximum Gasteiger partial charge on any atom is 0.328 e. The molecule has 0 aromatic heterocycles. The topological polar surface area (TPSA) is 119 Å². The van der Waals surface area contributed by atoms with Crippen LogP contribution in [-0.4, -0.2) is 29.1 Å². The average molecular weight is 248 g/mol. The van der Waals surface area contributed by atoms with E-state index in [-0.39, 0.29) is 0 Å². The molecule has 1 saturated heterocycles. The molecule has 0 bridgehead atoms. The highest BCUT2D eigenvalue weighted by Gasteiger charge is 2.23. The molecule has 1 heterocycles. The van der Waals surface area contributed by atoms with Gasteiger partial charge in [0.25, 0.3) is 5.97 Å². The molecule has 0 radical (unpaired) electrons. The van der Waals surface area contributed by atoms with E-state index in [4.69, 9.17) is 15.0 Å². The zero-order chi connectivity index (χ0) is 11.1. The highest BCUT2D eigenvalue weighted by atomic mass is 31.2. The predicted molar refractivity (Wildman–Crippen MR) is 45.4 cm³/mol. The summed E-state index contributed by atoms with van der Waals surface area (Å²) in [6, 6.07) is 0. The molecule has 8 nitrogen and oxygen atoms in total. The maximum absolute atomic E-state index is 10.4. The van der Waals surface area contributed by atoms with Gasteiger partial charge >= 0.3 is 16.5 Å². The number of rotatable bonds is 1. The smallest absolute Gasteiger partial charge is 0.328 e. The fourth-order valence-electron chi connectivity index (χ4n) is 0.429. The Kier molecular flexibility index (Phi) is 7.00. The summed E-state index contributed by atoms with van der Waals surface area (Å²) in [5, 5.41) is 15.8. The third kappa shape index (κ3) is 7.20. The van der Waals surface area contributed by atoms with Crippen LogP contribution in [0.3, 0.4) is 0 Å². The van der Waals surface area contributed by atoms with E-state index < -0.39 is 35.4 Å². The molecule has 1 rings (SSSR count). The second kappa shape index (κ2) is 7.11. The summed E-state index contributed by atoms with van der Waals surface area (Å²) in [6.07, 6.45) is -1.06. The number of carboxylic acid groups (broad SMARTS) is 1. The van der Waals surface area contributed by atoms with Crippen LogP contribution in [0.4, 0.5) is 0 Å². The van der Waals surface area contributed by atoms with Crippen molar-refractivity contribution in [3.63, 3.8) is 0 Å². The summed E-state index contributed by atoms with van der Waals surface area (Å²) in [5.41, 5.74) is 0. The van der Waals surface area contributed by atoms with Gasteiger partial charge in [0.1, 0.15) is 0 Å². The number of aliphatic hydroxyl groups is 1. The molecule has 0 saturated carbocycles. The standard InChI is InChI=1S/C2H6O6P2.C2H4O2/c3-1-2-6-9(4)8-10(5)7-2;1-2(3)4/h2-3,9-10H,1H2;1H3,(H,3,4). The Morgan fingerprint density at radius 1 is 1.36 bits per heavy atom. The molecule has 0 aromatic rings. The summed E-state index contributed by atoms with van der Waals surface area (Å²) in [5.74, 6) is -0.833. The molecule has 1 aliphatic rings. The van der Waals surface area contributed by atoms with Gasteiger partial charge in [-0.15, -0.1) is 0 Å². The summed E-state index contributed by atoms with van der Waals surface area (Å²) in [4.78, 5) is 9.00. The molecule has 10 heteroatoms. The summed E-state index contributed by atoms with van der Waals surface area (Å²) in [6.45, 7) is 0.607. The van der Waals surface area contributed by atoms with Crippen molar-refractivity contribution in [3.05, 3.63) is 0 Å². The Morgan fingerprint density at radius 2 is 1.71 bits per heavy atom. The number of carbonyl (C=O) groups is 1. The number of hydrogen-bond donors (Lipinski definition) is 2. The first-order valence-electron chi connectivity index (χ1n) is 3.35. The van der Waals surface area contributed by atoms with Crippen LogP contribution in [0.2, 0.25) is 0 Å². The van der Waals surface area contributed by atoms with Gasteiger partial charge in [-0.2, -0.15) is 0 Å². The van der Waals surface area contributed by atoms with Crippen LogP contribution >= 0.6 is 16.5 Å². The molecule has 2 N–H and O–H groups in total. The first-order chi connectivity index (χ1) is 6.45. The van der Waals surface area contributed by atoms with Crippen molar-refractivity contribution >= 4 is 22.5 Å². The lowest BCUT2D eigenvalue weighted by Crippen LogP contribution is -2.17. The minimum absolute atomic E-state index is 0.476. The summed E-state index contributed by atoms with van der Waals surface area (Å²) >= 11 is 0. The third-order valence-electron chi connectivity index (χ3n) is 0.771. The summed E-state index contributed by atoms with van der Waals surface area (Å²) < 4.78 is 33.8. The average Bonchev–Trinajstić information content (AvgIpc) is 2.01. The summed E-state index contributed by atoms with van der Waals surface area (Å²) in [7, 11) is -5.41. The van der Waals surface area contributed by atoms with Gasteiger partial charge in [0.15, 0.2) is 6.29 Å². The second-order valence-corrected chi connectivity index (χ2v) is 4.26. The minimum Gasteiger partial charge on any atom is -0.481 e. The van der Waals surface area contributed by atoms with Gasteiger partial charge in [-0.05, 0) is 0 Å². The third-order valence-corrected chi connectivity index (χ3v) is 3.02. The van der Waals surface area contributed by atoms with Gasteiger partial charge in [0.05, 0.1) is 6.61 Å². The van der Waals surface area contributed by atoms with E-state index in [2.05, 4.69) is 13.4 Å². The lowest BCUT2D eigenvalue weighted by molar-refractivity contribution is -0.134. The van der Waals surface area contributed by atoms with Gasteiger partial charge in [-0.25, -0.2) is 4.31 Å². The molecule has 1 aliphatic heterocycles. The number of aliphatic hydroxyl groups excluding tert-OH is 1. The molecular formula is C4H10O8P2. The molecule has 0 aliphatic carbocycles. The largest absolute Gasteiger partial charge is 0.481 e. The van der Waals surface area contributed by atoms with Gasteiger partial charge in [-0.1, -0.05) is 0 Å². The molecule has 84 valence electrons. The van der Waals surface area contributed by atoms with Crippen LogP contribution < -0.4 is 0 Å². The Labute approximate surface area is 80.7 Å². The van der Waals surface area contributed by atoms with E-state index in [1.54, 1.807) is 0 Å². The van der Waals surface area contributed by atoms with E-state index in [0.29, 0.717) is 0 Å². The van der Waals surface area contributed by atoms with Crippen LogP contribution in [0.1, 0.15) is 6.92 Å². The van der Waals surface area contributed by atoms with Gasteiger partial charge in [0.2, 0.25) is 0 Å². The lowest BCUT2D eigenvalue weighted by atomic mass is 10.7. The molecule has 1 fully saturated rings. The van der Waals surface area contributed by atoms with Crippen LogP contribution in [0.25, 0.3) is 0 Å². The van der Waals surface area contributed by atoms with E-state index in [9.17, 15) is 9.13 Å². The van der Waals surface area contributed by atoms with Crippen molar-refractivity contribution in [2.24, 2.45) is 0 Å². The van der Waals surface area contributed by atoms with Crippen LogP contribution in [0.15, 0.2) is 0 Å². The lowest BCUT2D eigenvalue weighted by Gasteiger charge is -2.19. The van der Waals surface area contributed by atoms with Crippen LogP contribution in [0, 0.1) is 0 Å². The van der Waals surface area contributed by atoms with Gasteiger partial charge in [-0.3, -0.25) is 23.0 Å². The first-order valence-corrected chi connectivity index (χ1v) is 5.80. The number of aliphatic carboxylic acids is 1.